The number of hydrogen-bond donors (Lipinski definition) is 1. The SMILES string of the molecule is CC(C)N(/C=C(/C#N)C(=O)NCCCN1CCCC1=O)Cc1ccccc1. The number of rotatable bonds is 9. The molecule has 1 N–H and O–H groups in total. The van der Waals surface area contributed by atoms with Crippen molar-refractivity contribution in [3.8, 4) is 6.07 Å². The van der Waals surface area contributed by atoms with Crippen molar-refractivity contribution in [2.75, 3.05) is 19.6 Å². The lowest BCUT2D eigenvalue weighted by Crippen LogP contribution is -2.32. The normalized spacial score (nSPS) is 14.4. The standard InChI is InChI=1S/C21H28N4O2/c1-17(2)25(15-18-8-4-3-5-9-18)16-19(14-22)21(27)23-11-7-13-24-12-6-10-20(24)26/h3-5,8-9,16-17H,6-7,10-13,15H2,1-2H3,(H,23,27)/b19-16-. The zero-order valence-corrected chi connectivity index (χ0v) is 16.1. The van der Waals surface area contributed by atoms with Crippen molar-refractivity contribution in [1.29, 1.82) is 5.26 Å². The van der Waals surface area contributed by atoms with Crippen LogP contribution in [0.25, 0.3) is 0 Å². The van der Waals surface area contributed by atoms with Crippen LogP contribution in [0.2, 0.25) is 0 Å². The maximum absolute atomic E-state index is 12.3. The van der Waals surface area contributed by atoms with E-state index in [0.29, 0.717) is 32.5 Å². The van der Waals surface area contributed by atoms with Gasteiger partial charge in [-0.25, -0.2) is 0 Å². The van der Waals surface area contributed by atoms with Crippen molar-refractivity contribution in [1.82, 2.24) is 15.1 Å². The molecule has 0 spiro atoms. The first-order valence-corrected chi connectivity index (χ1v) is 9.49. The summed E-state index contributed by atoms with van der Waals surface area (Å²) in [6, 6.07) is 12.1. The second-order valence-electron chi connectivity index (χ2n) is 7.00. The lowest BCUT2D eigenvalue weighted by Gasteiger charge is -2.25. The summed E-state index contributed by atoms with van der Waals surface area (Å²) in [5.74, 6) is -0.184. The Balaban J connectivity index is 1.88. The van der Waals surface area contributed by atoms with Gasteiger partial charge in [0.05, 0.1) is 0 Å². The first kappa shape index (κ1) is 20.5. The number of amides is 2. The number of carbonyl (C=O) groups is 2. The molecule has 1 saturated heterocycles. The zero-order chi connectivity index (χ0) is 19.6. The van der Waals surface area contributed by atoms with Gasteiger partial charge in [0.25, 0.3) is 5.91 Å². The minimum Gasteiger partial charge on any atom is -0.369 e. The van der Waals surface area contributed by atoms with Crippen molar-refractivity contribution in [2.45, 2.75) is 45.7 Å². The number of carbonyl (C=O) groups excluding carboxylic acids is 2. The highest BCUT2D eigenvalue weighted by atomic mass is 16.2. The van der Waals surface area contributed by atoms with Crippen LogP contribution in [-0.2, 0) is 16.1 Å². The molecule has 1 aliphatic rings. The molecule has 1 aromatic rings. The number of benzene rings is 1. The fourth-order valence-corrected chi connectivity index (χ4v) is 2.98. The van der Waals surface area contributed by atoms with Gasteiger partial charge < -0.3 is 15.1 Å². The Morgan fingerprint density at radius 1 is 1.37 bits per heavy atom. The predicted octanol–water partition coefficient (Wildman–Crippen LogP) is 2.43. The summed E-state index contributed by atoms with van der Waals surface area (Å²) in [4.78, 5) is 27.7. The van der Waals surface area contributed by atoms with Crippen LogP contribution in [0, 0.1) is 11.3 Å². The Morgan fingerprint density at radius 2 is 2.11 bits per heavy atom. The van der Waals surface area contributed by atoms with Crippen molar-refractivity contribution < 1.29 is 9.59 Å². The van der Waals surface area contributed by atoms with Crippen LogP contribution < -0.4 is 5.32 Å². The van der Waals surface area contributed by atoms with Gasteiger partial charge in [0, 0.05) is 44.8 Å². The summed E-state index contributed by atoms with van der Waals surface area (Å²) in [6.07, 6.45) is 3.87. The third-order valence-electron chi connectivity index (χ3n) is 4.59. The fourth-order valence-electron chi connectivity index (χ4n) is 2.98. The first-order valence-electron chi connectivity index (χ1n) is 9.49. The van der Waals surface area contributed by atoms with E-state index < -0.39 is 0 Å². The molecule has 6 nitrogen and oxygen atoms in total. The van der Waals surface area contributed by atoms with E-state index in [1.807, 2.05) is 60.0 Å². The molecule has 2 rings (SSSR count). The van der Waals surface area contributed by atoms with E-state index >= 15 is 0 Å². The molecule has 144 valence electrons. The fraction of sp³-hybridized carbons (Fsp3) is 0.476. The summed E-state index contributed by atoms with van der Waals surface area (Å²) in [7, 11) is 0. The van der Waals surface area contributed by atoms with Crippen molar-refractivity contribution in [2.24, 2.45) is 0 Å². The highest BCUT2D eigenvalue weighted by molar-refractivity contribution is 5.97. The third kappa shape index (κ3) is 6.45. The topological polar surface area (TPSA) is 76.4 Å². The van der Waals surface area contributed by atoms with Gasteiger partial charge >= 0.3 is 0 Å². The molecule has 0 saturated carbocycles. The maximum atomic E-state index is 12.3. The molecule has 1 fully saturated rings. The Labute approximate surface area is 161 Å². The lowest BCUT2D eigenvalue weighted by molar-refractivity contribution is -0.127. The summed E-state index contributed by atoms with van der Waals surface area (Å²) in [6.45, 7) is 6.59. The average molecular weight is 368 g/mol. The van der Waals surface area contributed by atoms with Crippen LogP contribution in [-0.4, -0.2) is 47.3 Å². The Kier molecular flexibility index (Phi) is 7.87. The second kappa shape index (κ2) is 10.4. The second-order valence-corrected chi connectivity index (χ2v) is 7.00. The van der Waals surface area contributed by atoms with Gasteiger partial charge in [0.1, 0.15) is 11.6 Å². The number of nitriles is 1. The molecule has 2 amide bonds. The molecule has 0 aromatic heterocycles. The van der Waals surface area contributed by atoms with E-state index in [1.165, 1.54) is 0 Å². The van der Waals surface area contributed by atoms with Crippen LogP contribution in [0.3, 0.4) is 0 Å². The molecule has 1 heterocycles. The molecule has 0 bridgehead atoms. The molecule has 0 unspecified atom stereocenters. The molecular weight excluding hydrogens is 340 g/mol. The Hall–Kier alpha value is -2.81. The molecule has 0 atom stereocenters. The van der Waals surface area contributed by atoms with Crippen LogP contribution in [0.15, 0.2) is 42.1 Å². The maximum Gasteiger partial charge on any atom is 0.263 e. The molecule has 1 aliphatic heterocycles. The van der Waals surface area contributed by atoms with E-state index in [2.05, 4.69) is 5.32 Å². The molecular formula is C21H28N4O2. The monoisotopic (exact) mass is 368 g/mol. The van der Waals surface area contributed by atoms with Crippen LogP contribution in [0.5, 0.6) is 0 Å². The van der Waals surface area contributed by atoms with Crippen molar-refractivity contribution >= 4 is 11.8 Å². The minimum absolute atomic E-state index is 0.0943. The van der Waals surface area contributed by atoms with Crippen molar-refractivity contribution in [3.05, 3.63) is 47.7 Å². The largest absolute Gasteiger partial charge is 0.369 e. The van der Waals surface area contributed by atoms with Crippen LogP contribution >= 0.6 is 0 Å². The predicted molar refractivity (Wildman–Crippen MR) is 104 cm³/mol. The highest BCUT2D eigenvalue weighted by Crippen LogP contribution is 2.11. The molecule has 0 aliphatic carbocycles. The van der Waals surface area contributed by atoms with E-state index in [0.717, 1.165) is 18.5 Å². The lowest BCUT2D eigenvalue weighted by atomic mass is 10.2. The summed E-state index contributed by atoms with van der Waals surface area (Å²) >= 11 is 0. The van der Waals surface area contributed by atoms with Gasteiger partial charge in [0.2, 0.25) is 5.91 Å². The highest BCUT2D eigenvalue weighted by Gasteiger charge is 2.19. The first-order chi connectivity index (χ1) is 13.0. The zero-order valence-electron chi connectivity index (χ0n) is 16.1. The third-order valence-corrected chi connectivity index (χ3v) is 4.59. The van der Waals surface area contributed by atoms with E-state index in [-0.39, 0.29) is 23.4 Å². The van der Waals surface area contributed by atoms with Gasteiger partial charge in [-0.1, -0.05) is 30.3 Å². The van der Waals surface area contributed by atoms with Gasteiger partial charge in [0.15, 0.2) is 0 Å². The van der Waals surface area contributed by atoms with E-state index in [9.17, 15) is 14.9 Å². The van der Waals surface area contributed by atoms with E-state index in [1.54, 1.807) is 6.20 Å². The van der Waals surface area contributed by atoms with Gasteiger partial charge in [-0.2, -0.15) is 5.26 Å². The van der Waals surface area contributed by atoms with Gasteiger partial charge in [-0.3, -0.25) is 9.59 Å². The minimum atomic E-state index is -0.371. The Bertz CT molecular complexity index is 707. The van der Waals surface area contributed by atoms with Crippen LogP contribution in [0.1, 0.15) is 38.7 Å². The van der Waals surface area contributed by atoms with Gasteiger partial charge in [-0.15, -0.1) is 0 Å². The molecule has 27 heavy (non-hydrogen) atoms. The van der Waals surface area contributed by atoms with Gasteiger partial charge in [-0.05, 0) is 32.3 Å². The summed E-state index contributed by atoms with van der Waals surface area (Å²) in [5, 5.41) is 12.2. The quantitative estimate of drug-likeness (QED) is 0.413. The van der Waals surface area contributed by atoms with Crippen LogP contribution in [0.4, 0.5) is 0 Å². The average Bonchev–Trinajstić information content (AvgIpc) is 3.07. The smallest absolute Gasteiger partial charge is 0.263 e. The van der Waals surface area contributed by atoms with E-state index in [4.69, 9.17) is 0 Å². The Morgan fingerprint density at radius 3 is 2.70 bits per heavy atom. The number of hydrogen-bond acceptors (Lipinski definition) is 4. The summed E-state index contributed by atoms with van der Waals surface area (Å²) < 4.78 is 0. The number of likely N-dealkylation sites (tertiary alicyclic amines) is 1. The molecule has 1 aromatic carbocycles. The molecule has 6 heteroatoms. The number of nitrogens with one attached hydrogen (secondary N) is 1. The number of nitrogens with zero attached hydrogens (tertiary/aromatic N) is 3. The molecule has 0 radical (unpaired) electrons. The summed E-state index contributed by atoms with van der Waals surface area (Å²) in [5.41, 5.74) is 1.22. The van der Waals surface area contributed by atoms with Crippen molar-refractivity contribution in [3.63, 3.8) is 0 Å².